The fourth-order valence-corrected chi connectivity index (χ4v) is 1.92. The predicted molar refractivity (Wildman–Crippen MR) is 69.9 cm³/mol. The SMILES string of the molecule is CNS(=O)c1ccc(N=C/C=C\N)cc1OC. The molecular formula is C11H15N3O2S. The molecule has 0 aliphatic heterocycles. The average molecular weight is 253 g/mol. The van der Waals surface area contributed by atoms with Crippen molar-refractivity contribution in [1.82, 2.24) is 4.72 Å². The largest absolute Gasteiger partial charge is 0.495 e. The van der Waals surface area contributed by atoms with Gasteiger partial charge >= 0.3 is 0 Å². The molecule has 0 radical (unpaired) electrons. The number of allylic oxidation sites excluding steroid dienone is 1. The topological polar surface area (TPSA) is 76.7 Å². The Morgan fingerprint density at radius 3 is 2.88 bits per heavy atom. The van der Waals surface area contributed by atoms with Crippen molar-refractivity contribution in [2.45, 2.75) is 4.90 Å². The minimum absolute atomic E-state index is 0.532. The summed E-state index contributed by atoms with van der Waals surface area (Å²) < 4.78 is 19.4. The molecule has 1 aromatic rings. The molecule has 3 N–H and O–H groups in total. The van der Waals surface area contributed by atoms with Gasteiger partial charge in [0, 0.05) is 12.3 Å². The van der Waals surface area contributed by atoms with E-state index in [9.17, 15) is 4.21 Å². The number of hydrogen-bond donors (Lipinski definition) is 2. The molecule has 17 heavy (non-hydrogen) atoms. The summed E-state index contributed by atoms with van der Waals surface area (Å²) in [4.78, 5) is 4.73. The molecule has 1 rings (SSSR count). The lowest BCUT2D eigenvalue weighted by Crippen LogP contribution is -2.11. The van der Waals surface area contributed by atoms with Crippen LogP contribution in [0.1, 0.15) is 0 Å². The van der Waals surface area contributed by atoms with Crippen molar-refractivity contribution in [1.29, 1.82) is 0 Å². The van der Waals surface area contributed by atoms with Crippen molar-refractivity contribution in [3.63, 3.8) is 0 Å². The van der Waals surface area contributed by atoms with Gasteiger partial charge in [-0.2, -0.15) is 0 Å². The standard InChI is InChI=1S/C11H15N3O2S/c1-13-17(15)11-5-4-9(8-10(11)16-2)14-7-3-6-12/h3-8,13H,12H2,1-2H3/b6-3-,14-7?. The van der Waals surface area contributed by atoms with E-state index in [4.69, 9.17) is 10.5 Å². The quantitative estimate of drug-likeness (QED) is 0.772. The molecule has 1 unspecified atom stereocenters. The Morgan fingerprint density at radius 2 is 2.29 bits per heavy atom. The highest BCUT2D eigenvalue weighted by atomic mass is 32.2. The van der Waals surface area contributed by atoms with E-state index in [1.807, 2.05) is 0 Å². The molecule has 5 nitrogen and oxygen atoms in total. The van der Waals surface area contributed by atoms with Crippen LogP contribution in [-0.4, -0.2) is 24.6 Å². The first-order chi connectivity index (χ1) is 8.22. The van der Waals surface area contributed by atoms with Crippen molar-refractivity contribution < 1.29 is 8.95 Å². The second-order valence-corrected chi connectivity index (χ2v) is 4.36. The minimum Gasteiger partial charge on any atom is -0.495 e. The second kappa shape index (κ2) is 6.82. The first-order valence-electron chi connectivity index (χ1n) is 4.91. The summed E-state index contributed by atoms with van der Waals surface area (Å²) >= 11 is 0. The van der Waals surface area contributed by atoms with E-state index in [0.717, 1.165) is 0 Å². The van der Waals surface area contributed by atoms with Crippen molar-refractivity contribution in [3.8, 4) is 5.75 Å². The summed E-state index contributed by atoms with van der Waals surface area (Å²) in [5, 5.41) is 0. The highest BCUT2D eigenvalue weighted by molar-refractivity contribution is 7.83. The zero-order valence-corrected chi connectivity index (χ0v) is 10.5. The molecule has 0 fully saturated rings. The molecule has 0 heterocycles. The molecule has 1 aromatic carbocycles. The minimum atomic E-state index is -1.28. The molecule has 92 valence electrons. The normalized spacial score (nSPS) is 13.3. The monoisotopic (exact) mass is 253 g/mol. The van der Waals surface area contributed by atoms with Gasteiger partial charge < -0.3 is 10.5 Å². The molecule has 0 saturated heterocycles. The number of ether oxygens (including phenoxy) is 1. The van der Waals surface area contributed by atoms with Gasteiger partial charge in [0.1, 0.15) is 16.7 Å². The maximum absolute atomic E-state index is 11.6. The zero-order chi connectivity index (χ0) is 12.7. The number of aliphatic imine (C=N–C) groups is 1. The third-order valence-electron chi connectivity index (χ3n) is 1.95. The van der Waals surface area contributed by atoms with Crippen LogP contribution in [0.3, 0.4) is 0 Å². The summed E-state index contributed by atoms with van der Waals surface area (Å²) in [6.07, 6.45) is 4.58. The third-order valence-corrected chi connectivity index (χ3v) is 3.06. The Kier molecular flexibility index (Phi) is 5.38. The van der Waals surface area contributed by atoms with Crippen molar-refractivity contribution >= 4 is 22.9 Å². The van der Waals surface area contributed by atoms with E-state index in [1.54, 1.807) is 37.5 Å². The first kappa shape index (κ1) is 13.4. The number of methoxy groups -OCH3 is 1. The molecular weight excluding hydrogens is 238 g/mol. The first-order valence-corrected chi connectivity index (χ1v) is 6.06. The van der Waals surface area contributed by atoms with Gasteiger partial charge in [-0.3, -0.25) is 4.99 Å². The molecule has 0 amide bonds. The molecule has 0 aromatic heterocycles. The lowest BCUT2D eigenvalue weighted by atomic mass is 10.3. The summed E-state index contributed by atoms with van der Waals surface area (Å²) in [6.45, 7) is 0. The third kappa shape index (κ3) is 3.69. The number of nitrogens with zero attached hydrogens (tertiary/aromatic N) is 1. The molecule has 0 spiro atoms. The molecule has 1 atom stereocenters. The van der Waals surface area contributed by atoms with Crippen molar-refractivity contribution in [2.24, 2.45) is 10.7 Å². The molecule has 0 aliphatic rings. The van der Waals surface area contributed by atoms with Gasteiger partial charge in [0.25, 0.3) is 0 Å². The molecule has 0 saturated carbocycles. The maximum Gasteiger partial charge on any atom is 0.138 e. The Hall–Kier alpha value is -1.66. The number of hydrogen-bond acceptors (Lipinski definition) is 4. The van der Waals surface area contributed by atoms with E-state index in [0.29, 0.717) is 16.3 Å². The summed E-state index contributed by atoms with van der Waals surface area (Å²) in [5.41, 5.74) is 5.89. The highest BCUT2D eigenvalue weighted by Gasteiger charge is 2.09. The van der Waals surface area contributed by atoms with E-state index < -0.39 is 11.0 Å². The Labute approximate surface area is 103 Å². The number of nitrogens with one attached hydrogen (secondary N) is 1. The molecule has 0 bridgehead atoms. The van der Waals surface area contributed by atoms with Gasteiger partial charge in [0.2, 0.25) is 0 Å². The lowest BCUT2D eigenvalue weighted by Gasteiger charge is -2.07. The average Bonchev–Trinajstić information content (AvgIpc) is 2.38. The maximum atomic E-state index is 11.6. The van der Waals surface area contributed by atoms with E-state index in [-0.39, 0.29) is 0 Å². The number of benzene rings is 1. The van der Waals surface area contributed by atoms with Gasteiger partial charge in [-0.1, -0.05) is 0 Å². The van der Waals surface area contributed by atoms with Crippen molar-refractivity contribution in [3.05, 3.63) is 30.5 Å². The fourth-order valence-electron chi connectivity index (χ4n) is 1.18. The van der Waals surface area contributed by atoms with Crippen LogP contribution < -0.4 is 15.2 Å². The van der Waals surface area contributed by atoms with Crippen molar-refractivity contribution in [2.75, 3.05) is 14.2 Å². The summed E-state index contributed by atoms with van der Waals surface area (Å²) in [6, 6.07) is 5.18. The van der Waals surface area contributed by atoms with Crippen LogP contribution in [0.25, 0.3) is 0 Å². The Balaban J connectivity index is 3.04. The van der Waals surface area contributed by atoms with Crippen LogP contribution in [0.4, 0.5) is 5.69 Å². The van der Waals surface area contributed by atoms with Gasteiger partial charge in [0.15, 0.2) is 0 Å². The predicted octanol–water partition coefficient (Wildman–Crippen LogP) is 1.11. The molecule has 0 aliphatic carbocycles. The van der Waals surface area contributed by atoms with Crippen LogP contribution in [0, 0.1) is 0 Å². The van der Waals surface area contributed by atoms with Gasteiger partial charge in [-0.25, -0.2) is 8.93 Å². The van der Waals surface area contributed by atoms with E-state index in [2.05, 4.69) is 9.71 Å². The Bertz CT molecular complexity index is 458. The smallest absolute Gasteiger partial charge is 0.138 e. The fraction of sp³-hybridized carbons (Fsp3) is 0.182. The molecule has 6 heteroatoms. The van der Waals surface area contributed by atoms with Crippen LogP contribution >= 0.6 is 0 Å². The van der Waals surface area contributed by atoms with Crippen LogP contribution in [0.15, 0.2) is 40.4 Å². The number of rotatable bonds is 5. The number of nitrogens with two attached hydrogens (primary N) is 1. The van der Waals surface area contributed by atoms with Crippen LogP contribution in [0.2, 0.25) is 0 Å². The lowest BCUT2D eigenvalue weighted by molar-refractivity contribution is 0.404. The van der Waals surface area contributed by atoms with Crippen LogP contribution in [0.5, 0.6) is 5.75 Å². The van der Waals surface area contributed by atoms with Gasteiger partial charge in [-0.05, 0) is 31.5 Å². The van der Waals surface area contributed by atoms with Gasteiger partial charge in [0.05, 0.1) is 17.7 Å². The summed E-state index contributed by atoms with van der Waals surface area (Å²) in [7, 11) is 1.87. The Morgan fingerprint density at radius 1 is 1.53 bits per heavy atom. The highest BCUT2D eigenvalue weighted by Crippen LogP contribution is 2.26. The zero-order valence-electron chi connectivity index (χ0n) is 9.71. The second-order valence-electron chi connectivity index (χ2n) is 2.97. The van der Waals surface area contributed by atoms with E-state index >= 15 is 0 Å². The summed E-state index contributed by atoms with van der Waals surface area (Å²) in [5.74, 6) is 0.532. The van der Waals surface area contributed by atoms with Crippen LogP contribution in [-0.2, 0) is 11.0 Å². The van der Waals surface area contributed by atoms with Gasteiger partial charge in [-0.15, -0.1) is 0 Å². The van der Waals surface area contributed by atoms with E-state index in [1.165, 1.54) is 13.3 Å².